The summed E-state index contributed by atoms with van der Waals surface area (Å²) in [5.74, 6) is 1.05. The zero-order chi connectivity index (χ0) is 29.4. The van der Waals surface area contributed by atoms with E-state index in [1.54, 1.807) is 23.1 Å². The summed E-state index contributed by atoms with van der Waals surface area (Å²) in [7, 11) is 1.50. The Kier molecular flexibility index (Phi) is 5.58. The van der Waals surface area contributed by atoms with Gasteiger partial charge in [-0.05, 0) is 55.9 Å². The number of carbonyl (C=O) groups excluding carboxylic acids is 3. The molecule has 13 heteroatoms. The lowest BCUT2D eigenvalue weighted by molar-refractivity contribution is -0.124. The van der Waals surface area contributed by atoms with E-state index in [9.17, 15) is 14.4 Å². The van der Waals surface area contributed by atoms with Crippen LogP contribution in [0.2, 0.25) is 0 Å². The summed E-state index contributed by atoms with van der Waals surface area (Å²) in [4.78, 5) is 58.9. The minimum absolute atomic E-state index is 0.00510. The number of aromatic nitrogens is 7. The number of aryl methyl sites for hydroxylation is 1. The largest absolute Gasteiger partial charge is 0.331 e. The Labute approximate surface area is 245 Å². The third-order valence-electron chi connectivity index (χ3n) is 8.44. The Morgan fingerprint density at radius 2 is 1.93 bits per heavy atom. The number of likely N-dealkylation sites (N-methyl/N-ethyl adjacent to an activating group) is 1. The molecule has 216 valence electrons. The van der Waals surface area contributed by atoms with E-state index in [1.165, 1.54) is 11.9 Å². The van der Waals surface area contributed by atoms with Gasteiger partial charge in [-0.25, -0.2) is 29.2 Å². The fourth-order valence-corrected chi connectivity index (χ4v) is 5.83. The van der Waals surface area contributed by atoms with Gasteiger partial charge in [0.2, 0.25) is 11.8 Å². The van der Waals surface area contributed by atoms with E-state index >= 15 is 0 Å². The number of hydrogen-bond acceptors (Lipinski definition) is 8. The van der Waals surface area contributed by atoms with E-state index in [-0.39, 0.29) is 36.2 Å². The minimum Gasteiger partial charge on any atom is -0.309 e. The van der Waals surface area contributed by atoms with Crippen LogP contribution in [0.15, 0.2) is 49.2 Å². The van der Waals surface area contributed by atoms with E-state index in [0.29, 0.717) is 47.3 Å². The number of nitrogens with zero attached hydrogens (tertiary/aromatic N) is 9. The van der Waals surface area contributed by atoms with Crippen LogP contribution in [0.3, 0.4) is 0 Å². The smallest absolute Gasteiger partial charge is 0.309 e. The van der Waals surface area contributed by atoms with Crippen molar-refractivity contribution in [1.29, 1.82) is 0 Å². The molecule has 4 amide bonds. The minimum atomic E-state index is -0.351. The maximum absolute atomic E-state index is 13.1. The third kappa shape index (κ3) is 4.47. The molecule has 6 heterocycles. The highest BCUT2D eigenvalue weighted by atomic mass is 16.2. The molecule has 0 spiro atoms. The molecule has 8 rings (SSSR count). The molecule has 2 saturated carbocycles. The number of imide groups is 1. The number of carbonyl (C=O) groups is 3. The van der Waals surface area contributed by atoms with Crippen LogP contribution < -0.4 is 10.2 Å². The zero-order valence-corrected chi connectivity index (χ0v) is 23.6. The predicted molar refractivity (Wildman–Crippen MR) is 155 cm³/mol. The number of pyridine rings is 1. The van der Waals surface area contributed by atoms with Crippen LogP contribution in [0.25, 0.3) is 11.2 Å². The SMILES string of the molecule is Cc1ccnc([C@H]2C[C@@H]2C(=O)Nc2nccn3nc(Cc4cn5cc(C6CC6)cc(N6CC(=O)N(C)C6=O)c5n4)cc23)n1. The average Bonchev–Trinajstić information content (AvgIpc) is 3.90. The fraction of sp³-hybridized carbons (Fsp3) is 0.333. The Morgan fingerprint density at radius 3 is 2.70 bits per heavy atom. The van der Waals surface area contributed by atoms with Crippen molar-refractivity contribution in [2.75, 3.05) is 23.8 Å². The maximum Gasteiger partial charge on any atom is 0.331 e. The number of amides is 4. The third-order valence-corrected chi connectivity index (χ3v) is 8.44. The van der Waals surface area contributed by atoms with Crippen LogP contribution >= 0.6 is 0 Å². The number of anilines is 2. The summed E-state index contributed by atoms with van der Waals surface area (Å²) < 4.78 is 3.64. The van der Waals surface area contributed by atoms with Crippen molar-refractivity contribution in [2.24, 2.45) is 5.92 Å². The van der Waals surface area contributed by atoms with E-state index in [4.69, 9.17) is 10.1 Å². The van der Waals surface area contributed by atoms with Crippen molar-refractivity contribution in [3.8, 4) is 0 Å². The normalized spacial score (nSPS) is 20.0. The second-order valence-electron chi connectivity index (χ2n) is 11.6. The number of rotatable bonds is 7. The Hall–Kier alpha value is -5.20. The highest BCUT2D eigenvalue weighted by molar-refractivity contribution is 6.13. The number of imidazole rings is 1. The lowest BCUT2D eigenvalue weighted by Gasteiger charge is -2.17. The molecule has 3 fully saturated rings. The lowest BCUT2D eigenvalue weighted by Crippen LogP contribution is -2.30. The van der Waals surface area contributed by atoms with Gasteiger partial charge in [-0.2, -0.15) is 5.10 Å². The molecule has 1 aliphatic heterocycles. The van der Waals surface area contributed by atoms with Gasteiger partial charge in [0.1, 0.15) is 17.9 Å². The first-order chi connectivity index (χ1) is 20.8. The Morgan fingerprint density at radius 1 is 1.07 bits per heavy atom. The van der Waals surface area contributed by atoms with Crippen molar-refractivity contribution in [3.05, 3.63) is 77.7 Å². The Balaban J connectivity index is 1.06. The van der Waals surface area contributed by atoms with Gasteiger partial charge in [0.15, 0.2) is 11.5 Å². The molecule has 43 heavy (non-hydrogen) atoms. The van der Waals surface area contributed by atoms with Gasteiger partial charge in [0.25, 0.3) is 0 Å². The molecule has 0 radical (unpaired) electrons. The highest BCUT2D eigenvalue weighted by Crippen LogP contribution is 2.46. The summed E-state index contributed by atoms with van der Waals surface area (Å²) in [5, 5.41) is 7.68. The summed E-state index contributed by atoms with van der Waals surface area (Å²) in [5.41, 5.74) is 5.46. The molecule has 0 bridgehead atoms. The van der Waals surface area contributed by atoms with Gasteiger partial charge in [0, 0.05) is 62.0 Å². The molecule has 5 aromatic rings. The van der Waals surface area contributed by atoms with Crippen molar-refractivity contribution >= 4 is 40.5 Å². The van der Waals surface area contributed by atoms with Crippen LogP contribution in [0.1, 0.15) is 59.6 Å². The summed E-state index contributed by atoms with van der Waals surface area (Å²) in [6.07, 6.45) is 12.4. The maximum atomic E-state index is 13.1. The van der Waals surface area contributed by atoms with E-state index in [0.717, 1.165) is 40.4 Å². The van der Waals surface area contributed by atoms with Crippen molar-refractivity contribution in [3.63, 3.8) is 0 Å². The van der Waals surface area contributed by atoms with Gasteiger partial charge >= 0.3 is 6.03 Å². The average molecular weight is 577 g/mol. The van der Waals surface area contributed by atoms with Gasteiger partial charge < -0.3 is 9.72 Å². The highest BCUT2D eigenvalue weighted by Gasteiger charge is 2.46. The van der Waals surface area contributed by atoms with Crippen LogP contribution in [-0.4, -0.2) is 70.3 Å². The fourth-order valence-electron chi connectivity index (χ4n) is 5.83. The van der Waals surface area contributed by atoms with Crippen LogP contribution in [0.4, 0.5) is 16.3 Å². The van der Waals surface area contributed by atoms with Crippen molar-refractivity contribution in [2.45, 2.75) is 44.4 Å². The van der Waals surface area contributed by atoms with Crippen molar-refractivity contribution in [1.82, 2.24) is 38.9 Å². The molecule has 3 aliphatic rings. The monoisotopic (exact) mass is 576 g/mol. The summed E-state index contributed by atoms with van der Waals surface area (Å²) >= 11 is 0. The second kappa shape index (κ2) is 9.41. The first kappa shape index (κ1) is 25.5. The summed E-state index contributed by atoms with van der Waals surface area (Å²) in [6.45, 7) is 1.91. The topological polar surface area (TPSA) is 143 Å². The predicted octanol–water partition coefficient (Wildman–Crippen LogP) is 3.08. The van der Waals surface area contributed by atoms with Crippen LogP contribution in [0, 0.1) is 12.8 Å². The standard InChI is InChI=1S/C30H28N10O3/c1-16-5-6-31-26(33-16)21-12-22(21)29(42)35-27-23-11-19(36-40(23)8-7-32-27)10-20-14-38-13-18(17-3-4-17)9-24(28(38)34-20)39-15-25(41)37(2)30(39)43/h5-9,11,13-14,17,21-22H,3-4,10,12,15H2,1-2H3,(H,32,35,42)/t21-,22-/m0/s1. The molecule has 0 unspecified atom stereocenters. The Bertz CT molecular complexity index is 1980. The van der Waals surface area contributed by atoms with E-state index in [2.05, 4.69) is 26.5 Å². The van der Waals surface area contributed by atoms with Crippen LogP contribution in [-0.2, 0) is 16.0 Å². The molecular weight excluding hydrogens is 548 g/mol. The van der Waals surface area contributed by atoms with Gasteiger partial charge in [0.05, 0.1) is 17.1 Å². The molecule has 0 aromatic carbocycles. The molecule has 2 atom stereocenters. The van der Waals surface area contributed by atoms with Gasteiger partial charge in [-0.3, -0.25) is 19.4 Å². The molecule has 5 aromatic heterocycles. The lowest BCUT2D eigenvalue weighted by atomic mass is 10.1. The molecular formula is C30H28N10O3. The van der Waals surface area contributed by atoms with Crippen LogP contribution in [0.5, 0.6) is 0 Å². The molecule has 1 N–H and O–H groups in total. The first-order valence-corrected chi connectivity index (χ1v) is 14.4. The molecule has 13 nitrogen and oxygen atoms in total. The number of hydrogen-bond donors (Lipinski definition) is 1. The van der Waals surface area contributed by atoms with E-state index < -0.39 is 0 Å². The molecule has 2 aliphatic carbocycles. The number of urea groups is 1. The van der Waals surface area contributed by atoms with Gasteiger partial charge in [-0.15, -0.1) is 0 Å². The zero-order valence-electron chi connectivity index (χ0n) is 23.6. The number of fused-ring (bicyclic) bond motifs is 2. The first-order valence-electron chi connectivity index (χ1n) is 14.4. The number of nitrogens with one attached hydrogen (secondary N) is 1. The second-order valence-corrected chi connectivity index (χ2v) is 11.6. The van der Waals surface area contributed by atoms with Crippen molar-refractivity contribution < 1.29 is 14.4 Å². The summed E-state index contributed by atoms with van der Waals surface area (Å²) in [6, 6.07) is 5.38. The van der Waals surface area contributed by atoms with Gasteiger partial charge in [-0.1, -0.05) is 0 Å². The molecule has 1 saturated heterocycles. The van der Waals surface area contributed by atoms with E-state index in [1.807, 2.05) is 35.7 Å². The quantitative estimate of drug-likeness (QED) is 0.291.